The highest BCUT2D eigenvalue weighted by Crippen LogP contribution is 2.21. The summed E-state index contributed by atoms with van der Waals surface area (Å²) in [6, 6.07) is 4.93. The Morgan fingerprint density at radius 2 is 1.86 bits per heavy atom. The van der Waals surface area contributed by atoms with Gasteiger partial charge in [0.2, 0.25) is 20.0 Å². The van der Waals surface area contributed by atoms with E-state index in [4.69, 9.17) is 5.14 Å². The van der Waals surface area contributed by atoms with E-state index < -0.39 is 20.0 Å². The number of nitrogens with zero attached hydrogens (tertiary/aromatic N) is 1. The smallest absolute Gasteiger partial charge is 0.243 e. The molecule has 3 N–H and O–H groups in total. The van der Waals surface area contributed by atoms with E-state index in [2.05, 4.69) is 5.32 Å². The zero-order valence-electron chi connectivity index (χ0n) is 11.4. The van der Waals surface area contributed by atoms with Gasteiger partial charge in [0, 0.05) is 25.7 Å². The number of primary sulfonamides is 1. The predicted octanol–water partition coefficient (Wildman–Crippen LogP) is -0.262. The average Bonchev–Trinajstić information content (AvgIpc) is 2.38. The molecule has 1 atom stereocenters. The van der Waals surface area contributed by atoms with Crippen molar-refractivity contribution in [3.63, 3.8) is 0 Å². The number of nitrogens with two attached hydrogens (primary N) is 1. The van der Waals surface area contributed by atoms with Crippen LogP contribution in [0.2, 0.25) is 0 Å². The molecule has 1 aliphatic rings. The Kier molecular flexibility index (Phi) is 5.76. The van der Waals surface area contributed by atoms with E-state index in [1.54, 1.807) is 6.92 Å². The van der Waals surface area contributed by atoms with Gasteiger partial charge in [-0.3, -0.25) is 0 Å². The maximum atomic E-state index is 12.5. The number of hydrogen-bond donors (Lipinski definition) is 2. The Balaban J connectivity index is 0.00000220. The molecule has 0 saturated carbocycles. The van der Waals surface area contributed by atoms with Crippen LogP contribution in [-0.2, 0) is 20.0 Å². The summed E-state index contributed by atoms with van der Waals surface area (Å²) in [5.74, 6) is 0. The zero-order valence-corrected chi connectivity index (χ0v) is 13.8. The minimum Gasteiger partial charge on any atom is -0.314 e. The van der Waals surface area contributed by atoms with Gasteiger partial charge >= 0.3 is 0 Å². The van der Waals surface area contributed by atoms with Crippen molar-refractivity contribution in [2.75, 3.05) is 19.6 Å². The Bertz CT molecular complexity index is 706. The summed E-state index contributed by atoms with van der Waals surface area (Å²) >= 11 is 0. The zero-order chi connectivity index (χ0) is 15.0. The molecule has 0 amide bonds. The standard InChI is InChI=1S/C11H17N3O4S2.ClH/c1-9-8-13-5-6-14(9)20(17,18)11-4-2-3-10(7-11)19(12,15)16;/h2-4,7,9,13H,5-6,8H2,1H3,(H2,12,15,16);1H/t9-;/m0./s1. The van der Waals surface area contributed by atoms with Crippen LogP contribution in [0.25, 0.3) is 0 Å². The van der Waals surface area contributed by atoms with Crippen LogP contribution in [0, 0.1) is 0 Å². The molecular formula is C11H18ClN3O4S2. The number of benzene rings is 1. The molecule has 7 nitrogen and oxygen atoms in total. The van der Waals surface area contributed by atoms with Crippen molar-refractivity contribution in [2.45, 2.75) is 22.8 Å². The van der Waals surface area contributed by atoms with Gasteiger partial charge in [0.1, 0.15) is 0 Å². The number of sulfonamides is 2. The third kappa shape index (κ3) is 3.93. The van der Waals surface area contributed by atoms with Crippen LogP contribution in [0.1, 0.15) is 6.92 Å². The first-order valence-electron chi connectivity index (χ1n) is 6.08. The van der Waals surface area contributed by atoms with Gasteiger partial charge < -0.3 is 5.32 Å². The first-order valence-corrected chi connectivity index (χ1v) is 9.07. The summed E-state index contributed by atoms with van der Waals surface area (Å²) in [7, 11) is -7.65. The molecule has 0 bridgehead atoms. The normalized spacial score (nSPS) is 20.8. The van der Waals surface area contributed by atoms with E-state index in [-0.39, 0.29) is 28.2 Å². The molecule has 0 radical (unpaired) electrons. The van der Waals surface area contributed by atoms with Gasteiger partial charge in [-0.15, -0.1) is 12.4 Å². The molecule has 21 heavy (non-hydrogen) atoms. The molecule has 10 heteroatoms. The number of hydrogen-bond acceptors (Lipinski definition) is 5. The Morgan fingerprint density at radius 3 is 2.43 bits per heavy atom. The molecule has 1 aromatic rings. The van der Waals surface area contributed by atoms with Crippen molar-refractivity contribution < 1.29 is 16.8 Å². The van der Waals surface area contributed by atoms with Crippen LogP contribution >= 0.6 is 12.4 Å². The average molecular weight is 356 g/mol. The Morgan fingerprint density at radius 1 is 1.24 bits per heavy atom. The molecule has 1 heterocycles. The lowest BCUT2D eigenvalue weighted by Crippen LogP contribution is -2.52. The minimum absolute atomic E-state index is 0. The van der Waals surface area contributed by atoms with Crippen LogP contribution in [0.5, 0.6) is 0 Å². The van der Waals surface area contributed by atoms with Gasteiger partial charge in [0.15, 0.2) is 0 Å². The summed E-state index contributed by atoms with van der Waals surface area (Å²) in [5.41, 5.74) is 0. The first-order chi connectivity index (χ1) is 9.23. The number of piperazine rings is 1. The Hall–Kier alpha value is -0.710. The number of nitrogens with one attached hydrogen (secondary N) is 1. The van der Waals surface area contributed by atoms with Gasteiger partial charge in [0.05, 0.1) is 9.79 Å². The summed E-state index contributed by atoms with van der Waals surface area (Å²) < 4.78 is 49.1. The molecule has 1 saturated heterocycles. The van der Waals surface area contributed by atoms with Crippen molar-refractivity contribution in [3.05, 3.63) is 24.3 Å². The van der Waals surface area contributed by atoms with E-state index in [9.17, 15) is 16.8 Å². The lowest BCUT2D eigenvalue weighted by Gasteiger charge is -2.32. The molecule has 1 aliphatic heterocycles. The second-order valence-electron chi connectivity index (χ2n) is 4.69. The number of rotatable bonds is 3. The highest BCUT2D eigenvalue weighted by Gasteiger charge is 2.31. The van der Waals surface area contributed by atoms with E-state index in [0.717, 1.165) is 6.07 Å². The summed E-state index contributed by atoms with van der Waals surface area (Å²) in [4.78, 5) is -0.265. The third-order valence-corrected chi connectivity index (χ3v) is 6.10. The second-order valence-corrected chi connectivity index (χ2v) is 8.14. The molecule has 0 spiro atoms. The van der Waals surface area contributed by atoms with Crippen LogP contribution in [0.3, 0.4) is 0 Å². The molecule has 0 aromatic heterocycles. The molecule has 1 fully saturated rings. The molecule has 120 valence electrons. The van der Waals surface area contributed by atoms with Gasteiger partial charge in [-0.1, -0.05) is 6.07 Å². The summed E-state index contributed by atoms with van der Waals surface area (Å²) in [6.07, 6.45) is 0. The molecular weight excluding hydrogens is 338 g/mol. The fourth-order valence-corrected chi connectivity index (χ4v) is 4.44. The third-order valence-electron chi connectivity index (χ3n) is 3.18. The quantitative estimate of drug-likeness (QED) is 0.776. The van der Waals surface area contributed by atoms with Crippen molar-refractivity contribution in [1.82, 2.24) is 9.62 Å². The van der Waals surface area contributed by atoms with Gasteiger partial charge in [-0.2, -0.15) is 4.31 Å². The van der Waals surface area contributed by atoms with E-state index in [0.29, 0.717) is 19.6 Å². The van der Waals surface area contributed by atoms with E-state index >= 15 is 0 Å². The van der Waals surface area contributed by atoms with Crippen LogP contribution < -0.4 is 10.5 Å². The fourth-order valence-electron chi connectivity index (χ4n) is 2.13. The second kappa shape index (κ2) is 6.59. The maximum Gasteiger partial charge on any atom is 0.243 e. The van der Waals surface area contributed by atoms with Crippen molar-refractivity contribution in [2.24, 2.45) is 5.14 Å². The SMILES string of the molecule is C[C@H]1CNCCN1S(=O)(=O)c1cccc(S(N)(=O)=O)c1.Cl. The van der Waals surface area contributed by atoms with Crippen LogP contribution in [0.4, 0.5) is 0 Å². The van der Waals surface area contributed by atoms with E-state index in [1.165, 1.54) is 22.5 Å². The van der Waals surface area contributed by atoms with Crippen molar-refractivity contribution >= 4 is 32.5 Å². The predicted molar refractivity (Wildman–Crippen MR) is 81.3 cm³/mol. The van der Waals surface area contributed by atoms with Gasteiger partial charge in [-0.05, 0) is 25.1 Å². The summed E-state index contributed by atoms with van der Waals surface area (Å²) in [5, 5.41) is 8.13. The van der Waals surface area contributed by atoms with Crippen molar-refractivity contribution in [3.8, 4) is 0 Å². The summed E-state index contributed by atoms with van der Waals surface area (Å²) in [6.45, 7) is 3.28. The minimum atomic E-state index is -3.93. The monoisotopic (exact) mass is 355 g/mol. The van der Waals surface area contributed by atoms with Crippen molar-refractivity contribution in [1.29, 1.82) is 0 Å². The molecule has 1 aromatic carbocycles. The van der Waals surface area contributed by atoms with Crippen LogP contribution in [-0.4, -0.2) is 46.8 Å². The van der Waals surface area contributed by atoms with Crippen LogP contribution in [0.15, 0.2) is 34.1 Å². The molecule has 0 aliphatic carbocycles. The highest BCUT2D eigenvalue weighted by atomic mass is 35.5. The van der Waals surface area contributed by atoms with Gasteiger partial charge in [0.25, 0.3) is 0 Å². The lowest BCUT2D eigenvalue weighted by atomic mass is 10.3. The lowest BCUT2D eigenvalue weighted by molar-refractivity contribution is 0.284. The largest absolute Gasteiger partial charge is 0.314 e. The van der Waals surface area contributed by atoms with E-state index in [1.807, 2.05) is 0 Å². The van der Waals surface area contributed by atoms with Gasteiger partial charge in [-0.25, -0.2) is 22.0 Å². The number of halogens is 1. The Labute approximate surface area is 131 Å². The first kappa shape index (κ1) is 18.3. The fraction of sp³-hybridized carbons (Fsp3) is 0.455. The molecule has 0 unspecified atom stereocenters. The highest BCUT2D eigenvalue weighted by molar-refractivity contribution is 7.90. The molecule has 2 rings (SSSR count). The topological polar surface area (TPSA) is 110 Å². The maximum absolute atomic E-state index is 12.5.